The summed E-state index contributed by atoms with van der Waals surface area (Å²) in [6.45, 7) is 4.05. The molecule has 0 saturated carbocycles. The van der Waals surface area contributed by atoms with E-state index in [4.69, 9.17) is 11.6 Å². The topological polar surface area (TPSA) is 58.0 Å². The summed E-state index contributed by atoms with van der Waals surface area (Å²) in [7, 11) is 0. The molecule has 0 bridgehead atoms. The highest BCUT2D eigenvalue weighted by Gasteiger charge is 2.16. The lowest BCUT2D eigenvalue weighted by Gasteiger charge is -2.13. The van der Waals surface area contributed by atoms with E-state index in [0.29, 0.717) is 20.1 Å². The molecular formula is C17H15ClIN3O. The van der Waals surface area contributed by atoms with Crippen LogP contribution in [0.1, 0.15) is 13.8 Å². The molecule has 23 heavy (non-hydrogen) atoms. The molecule has 0 atom stereocenters. The lowest BCUT2D eigenvalue weighted by molar-refractivity contribution is 0.474. The zero-order valence-corrected chi connectivity index (χ0v) is 15.6. The van der Waals surface area contributed by atoms with Crippen molar-refractivity contribution in [2.45, 2.75) is 19.9 Å². The van der Waals surface area contributed by atoms with Crippen molar-refractivity contribution in [1.82, 2.24) is 9.97 Å². The Kier molecular flexibility index (Phi) is 4.59. The molecule has 6 heteroatoms. The van der Waals surface area contributed by atoms with Crippen LogP contribution in [0.5, 0.6) is 5.75 Å². The van der Waals surface area contributed by atoms with Crippen molar-refractivity contribution in [2.24, 2.45) is 0 Å². The lowest BCUT2D eigenvalue weighted by atomic mass is 10.0. The van der Waals surface area contributed by atoms with Crippen molar-refractivity contribution >= 4 is 51.0 Å². The van der Waals surface area contributed by atoms with Gasteiger partial charge in [0.25, 0.3) is 0 Å². The van der Waals surface area contributed by atoms with Gasteiger partial charge in [-0.3, -0.25) is 0 Å². The van der Waals surface area contributed by atoms with Crippen LogP contribution in [0.25, 0.3) is 22.0 Å². The van der Waals surface area contributed by atoms with Crippen LogP contribution in [0.4, 0.5) is 5.95 Å². The number of phenols is 1. The Hall–Kier alpha value is -1.60. The van der Waals surface area contributed by atoms with E-state index in [9.17, 15) is 5.11 Å². The smallest absolute Gasteiger partial charge is 0.223 e. The van der Waals surface area contributed by atoms with Crippen molar-refractivity contribution in [3.8, 4) is 16.9 Å². The van der Waals surface area contributed by atoms with E-state index >= 15 is 0 Å². The first-order valence-electron chi connectivity index (χ1n) is 7.17. The molecule has 1 aromatic heterocycles. The lowest BCUT2D eigenvalue weighted by Crippen LogP contribution is -2.12. The van der Waals surface area contributed by atoms with Gasteiger partial charge >= 0.3 is 0 Å². The first-order chi connectivity index (χ1) is 11.0. The van der Waals surface area contributed by atoms with Crippen LogP contribution in [0.2, 0.25) is 5.02 Å². The standard InChI is InChI=1S/C17H15ClIN3O/c1-9(2)21-17-20-8-10-7-12(11-5-3-4-6-13(11)18)16(23)14(19)15(10)22-17/h3-9,23H,1-2H3,(H,20,21,22). The molecule has 118 valence electrons. The SMILES string of the molecule is CC(C)Nc1ncc2cc(-c3ccccc3Cl)c(O)c(I)c2n1. The highest BCUT2D eigenvalue weighted by atomic mass is 127. The minimum absolute atomic E-state index is 0.181. The Labute approximate surface area is 153 Å². The van der Waals surface area contributed by atoms with Crippen LogP contribution >= 0.6 is 34.2 Å². The van der Waals surface area contributed by atoms with Gasteiger partial charge in [-0.05, 0) is 48.6 Å². The van der Waals surface area contributed by atoms with E-state index in [1.54, 1.807) is 12.3 Å². The predicted molar refractivity (Wildman–Crippen MR) is 103 cm³/mol. The summed E-state index contributed by atoms with van der Waals surface area (Å²) in [4.78, 5) is 8.85. The Morgan fingerprint density at radius 2 is 1.96 bits per heavy atom. The summed E-state index contributed by atoms with van der Waals surface area (Å²) in [5.41, 5.74) is 2.19. The van der Waals surface area contributed by atoms with Gasteiger partial charge in [-0.2, -0.15) is 0 Å². The molecule has 0 radical (unpaired) electrons. The third-order valence-electron chi connectivity index (χ3n) is 3.37. The number of phenolic OH excluding ortho intramolecular Hbond substituents is 1. The number of benzene rings is 2. The summed E-state index contributed by atoms with van der Waals surface area (Å²) < 4.78 is 0.684. The molecule has 0 amide bonds. The maximum absolute atomic E-state index is 10.6. The normalized spacial score (nSPS) is 11.2. The van der Waals surface area contributed by atoms with Crippen LogP contribution in [0, 0.1) is 3.57 Å². The molecule has 2 aromatic carbocycles. The molecule has 4 nitrogen and oxygen atoms in total. The fraction of sp³-hybridized carbons (Fsp3) is 0.176. The Bertz CT molecular complexity index is 883. The van der Waals surface area contributed by atoms with Crippen LogP contribution in [-0.2, 0) is 0 Å². The molecule has 0 spiro atoms. The van der Waals surface area contributed by atoms with Crippen molar-refractivity contribution < 1.29 is 5.11 Å². The molecule has 3 aromatic rings. The second-order valence-electron chi connectivity index (χ2n) is 5.50. The number of anilines is 1. The summed E-state index contributed by atoms with van der Waals surface area (Å²) >= 11 is 8.37. The molecule has 0 aliphatic carbocycles. The quantitative estimate of drug-likeness (QED) is 0.559. The zero-order chi connectivity index (χ0) is 16.6. The van der Waals surface area contributed by atoms with E-state index in [-0.39, 0.29) is 11.8 Å². The maximum atomic E-state index is 10.6. The Balaban J connectivity index is 2.20. The highest BCUT2D eigenvalue weighted by molar-refractivity contribution is 14.1. The van der Waals surface area contributed by atoms with Crippen molar-refractivity contribution in [3.63, 3.8) is 0 Å². The average molecular weight is 440 g/mol. The van der Waals surface area contributed by atoms with E-state index < -0.39 is 0 Å². The van der Waals surface area contributed by atoms with Crippen molar-refractivity contribution in [1.29, 1.82) is 0 Å². The predicted octanol–water partition coefficient (Wildman–Crippen LogP) is 5.08. The van der Waals surface area contributed by atoms with Gasteiger partial charge in [0, 0.05) is 33.8 Å². The van der Waals surface area contributed by atoms with Crippen LogP contribution in [-0.4, -0.2) is 21.1 Å². The molecular weight excluding hydrogens is 425 g/mol. The van der Waals surface area contributed by atoms with Crippen molar-refractivity contribution in [2.75, 3.05) is 5.32 Å². The number of hydrogen-bond donors (Lipinski definition) is 2. The van der Waals surface area contributed by atoms with Gasteiger partial charge in [0.1, 0.15) is 5.75 Å². The Morgan fingerprint density at radius 3 is 2.65 bits per heavy atom. The number of halogens is 2. The molecule has 2 N–H and O–H groups in total. The molecule has 0 unspecified atom stereocenters. The number of aromatic hydroxyl groups is 1. The van der Waals surface area contributed by atoms with Crippen LogP contribution in [0.15, 0.2) is 36.5 Å². The average Bonchev–Trinajstić information content (AvgIpc) is 2.51. The van der Waals surface area contributed by atoms with Crippen LogP contribution < -0.4 is 5.32 Å². The third kappa shape index (κ3) is 3.21. The fourth-order valence-corrected chi connectivity index (χ4v) is 3.30. The van der Waals surface area contributed by atoms with Crippen molar-refractivity contribution in [3.05, 3.63) is 45.1 Å². The van der Waals surface area contributed by atoms with E-state index in [1.807, 2.05) is 38.1 Å². The maximum Gasteiger partial charge on any atom is 0.223 e. The first-order valence-corrected chi connectivity index (χ1v) is 8.62. The van der Waals surface area contributed by atoms with E-state index in [0.717, 1.165) is 16.5 Å². The van der Waals surface area contributed by atoms with Gasteiger partial charge in [-0.15, -0.1) is 0 Å². The minimum Gasteiger partial charge on any atom is -0.506 e. The van der Waals surface area contributed by atoms with E-state index in [1.165, 1.54) is 0 Å². The number of hydrogen-bond acceptors (Lipinski definition) is 4. The largest absolute Gasteiger partial charge is 0.506 e. The first kappa shape index (κ1) is 16.3. The number of nitrogens with one attached hydrogen (secondary N) is 1. The summed E-state index contributed by atoms with van der Waals surface area (Å²) in [5.74, 6) is 0.732. The molecule has 0 fully saturated rings. The zero-order valence-electron chi connectivity index (χ0n) is 12.6. The molecule has 0 aliphatic rings. The number of nitrogens with zero attached hydrogens (tertiary/aromatic N) is 2. The number of aromatic nitrogens is 2. The minimum atomic E-state index is 0.181. The molecule has 3 rings (SSSR count). The van der Waals surface area contributed by atoms with Gasteiger partial charge in [-0.1, -0.05) is 29.8 Å². The summed E-state index contributed by atoms with van der Waals surface area (Å²) in [5, 5.41) is 15.2. The van der Waals surface area contributed by atoms with Gasteiger partial charge < -0.3 is 10.4 Å². The van der Waals surface area contributed by atoms with Gasteiger partial charge in [0.05, 0.1) is 9.09 Å². The number of rotatable bonds is 3. The van der Waals surface area contributed by atoms with E-state index in [2.05, 4.69) is 37.9 Å². The third-order valence-corrected chi connectivity index (χ3v) is 4.72. The summed E-state index contributed by atoms with van der Waals surface area (Å²) in [6, 6.07) is 9.55. The van der Waals surface area contributed by atoms with Gasteiger partial charge in [0.2, 0.25) is 5.95 Å². The van der Waals surface area contributed by atoms with Gasteiger partial charge in [-0.25, -0.2) is 9.97 Å². The number of fused-ring (bicyclic) bond motifs is 1. The van der Waals surface area contributed by atoms with Crippen LogP contribution in [0.3, 0.4) is 0 Å². The molecule has 0 aliphatic heterocycles. The Morgan fingerprint density at radius 1 is 1.22 bits per heavy atom. The second-order valence-corrected chi connectivity index (χ2v) is 6.98. The second kappa shape index (κ2) is 6.49. The summed E-state index contributed by atoms with van der Waals surface area (Å²) in [6.07, 6.45) is 1.76. The van der Waals surface area contributed by atoms with Gasteiger partial charge in [0.15, 0.2) is 0 Å². The monoisotopic (exact) mass is 439 g/mol. The molecule has 0 saturated heterocycles. The fourth-order valence-electron chi connectivity index (χ4n) is 2.34. The highest BCUT2D eigenvalue weighted by Crippen LogP contribution is 2.40. The molecule has 1 heterocycles.